The van der Waals surface area contributed by atoms with Gasteiger partial charge in [-0.1, -0.05) is 6.07 Å². The van der Waals surface area contributed by atoms with Crippen molar-refractivity contribution in [2.45, 2.75) is 20.4 Å². The second kappa shape index (κ2) is 6.06. The molecule has 0 bridgehead atoms. The first kappa shape index (κ1) is 14.5. The number of nitrogens with one attached hydrogen (secondary N) is 1. The summed E-state index contributed by atoms with van der Waals surface area (Å²) in [5.41, 5.74) is 4.19. The molecule has 0 aliphatic heterocycles. The first-order chi connectivity index (χ1) is 8.97. The largest absolute Gasteiger partial charge is 0.379 e. The number of hydrogen-bond acceptors (Lipinski definition) is 1. The normalized spacial score (nSPS) is 10.6. The Kier molecular flexibility index (Phi) is 4.63. The van der Waals surface area contributed by atoms with Crippen LogP contribution < -0.4 is 5.32 Å². The predicted molar refractivity (Wildman–Crippen MR) is 85.0 cm³/mol. The number of benzene rings is 2. The highest BCUT2D eigenvalue weighted by Crippen LogP contribution is 2.32. The van der Waals surface area contributed by atoms with Gasteiger partial charge in [-0.05, 0) is 86.7 Å². The molecule has 2 rings (SSSR count). The molecule has 0 amide bonds. The van der Waals surface area contributed by atoms with Crippen LogP contribution in [0.2, 0.25) is 0 Å². The summed E-state index contributed by atoms with van der Waals surface area (Å²) < 4.78 is 15.2. The molecule has 0 aliphatic carbocycles. The van der Waals surface area contributed by atoms with Crippen molar-refractivity contribution in [3.8, 4) is 0 Å². The van der Waals surface area contributed by atoms with Crippen LogP contribution in [-0.2, 0) is 6.54 Å². The van der Waals surface area contributed by atoms with Crippen molar-refractivity contribution in [1.29, 1.82) is 0 Å². The maximum Gasteiger partial charge on any atom is 0.123 e. The van der Waals surface area contributed by atoms with Gasteiger partial charge in [-0.3, -0.25) is 0 Å². The monoisotopic (exact) mass is 385 g/mol. The smallest absolute Gasteiger partial charge is 0.123 e. The summed E-state index contributed by atoms with van der Waals surface area (Å²) in [6.45, 7) is 4.61. The first-order valence-electron chi connectivity index (χ1n) is 5.92. The van der Waals surface area contributed by atoms with Gasteiger partial charge in [0.15, 0.2) is 0 Å². The number of anilines is 1. The van der Waals surface area contributed by atoms with E-state index in [0.717, 1.165) is 25.8 Å². The molecular weight excluding hydrogens is 373 g/mol. The molecule has 0 aliphatic rings. The van der Waals surface area contributed by atoms with Crippen molar-refractivity contribution in [2.24, 2.45) is 0 Å². The van der Waals surface area contributed by atoms with Gasteiger partial charge in [-0.25, -0.2) is 4.39 Å². The van der Waals surface area contributed by atoms with E-state index in [1.54, 1.807) is 12.1 Å². The molecule has 0 spiro atoms. The predicted octanol–water partition coefficient (Wildman–Crippen LogP) is 5.58. The Morgan fingerprint density at radius 3 is 2.32 bits per heavy atom. The van der Waals surface area contributed by atoms with E-state index in [-0.39, 0.29) is 5.82 Å². The van der Waals surface area contributed by atoms with Gasteiger partial charge in [0.1, 0.15) is 5.82 Å². The molecule has 2 aromatic rings. The van der Waals surface area contributed by atoms with E-state index >= 15 is 0 Å². The average Bonchev–Trinajstić information content (AvgIpc) is 2.32. The van der Waals surface area contributed by atoms with E-state index in [4.69, 9.17) is 0 Å². The van der Waals surface area contributed by atoms with Crippen LogP contribution in [0.3, 0.4) is 0 Å². The molecule has 0 heterocycles. The van der Waals surface area contributed by atoms with Gasteiger partial charge in [0.05, 0.1) is 5.69 Å². The average molecular weight is 387 g/mol. The van der Waals surface area contributed by atoms with E-state index < -0.39 is 0 Å². The molecule has 100 valence electrons. The zero-order valence-corrected chi connectivity index (χ0v) is 13.9. The van der Waals surface area contributed by atoms with Crippen molar-refractivity contribution < 1.29 is 4.39 Å². The van der Waals surface area contributed by atoms with Crippen LogP contribution in [0.15, 0.2) is 39.3 Å². The number of hydrogen-bond donors (Lipinski definition) is 1. The first-order valence-corrected chi connectivity index (χ1v) is 7.50. The van der Waals surface area contributed by atoms with Crippen LogP contribution in [0.1, 0.15) is 16.7 Å². The third-order valence-corrected chi connectivity index (χ3v) is 4.20. The second-order valence-corrected chi connectivity index (χ2v) is 6.24. The summed E-state index contributed by atoms with van der Waals surface area (Å²) in [6.07, 6.45) is 0. The van der Waals surface area contributed by atoms with Gasteiger partial charge in [-0.15, -0.1) is 0 Å². The van der Waals surface area contributed by atoms with Crippen LogP contribution in [0, 0.1) is 19.7 Å². The van der Waals surface area contributed by atoms with Crippen molar-refractivity contribution in [3.63, 3.8) is 0 Å². The van der Waals surface area contributed by atoms with Crippen LogP contribution >= 0.6 is 31.9 Å². The van der Waals surface area contributed by atoms with E-state index in [2.05, 4.69) is 37.2 Å². The highest BCUT2D eigenvalue weighted by molar-refractivity contribution is 9.11. The summed E-state index contributed by atoms with van der Waals surface area (Å²) in [5, 5.41) is 3.33. The summed E-state index contributed by atoms with van der Waals surface area (Å²) in [6, 6.07) is 8.94. The molecule has 1 nitrogen and oxygen atoms in total. The maximum absolute atomic E-state index is 13.2. The van der Waals surface area contributed by atoms with Gasteiger partial charge < -0.3 is 5.32 Å². The lowest BCUT2D eigenvalue weighted by Crippen LogP contribution is -2.03. The Morgan fingerprint density at radius 2 is 1.68 bits per heavy atom. The lowest BCUT2D eigenvalue weighted by atomic mass is 10.1. The Balaban J connectivity index is 2.21. The topological polar surface area (TPSA) is 12.0 Å². The van der Waals surface area contributed by atoms with E-state index in [0.29, 0.717) is 6.54 Å². The molecule has 0 radical (unpaired) electrons. The minimum Gasteiger partial charge on any atom is -0.379 e. The minimum absolute atomic E-state index is 0.204. The van der Waals surface area contributed by atoms with Gasteiger partial charge in [0, 0.05) is 15.5 Å². The Morgan fingerprint density at radius 1 is 1.05 bits per heavy atom. The number of halogens is 3. The molecule has 1 N–H and O–H groups in total. The van der Waals surface area contributed by atoms with Crippen molar-refractivity contribution in [3.05, 3.63) is 61.8 Å². The minimum atomic E-state index is -0.204. The highest BCUT2D eigenvalue weighted by atomic mass is 79.9. The Bertz CT molecular complexity index is 588. The summed E-state index contributed by atoms with van der Waals surface area (Å²) in [5.74, 6) is -0.204. The maximum atomic E-state index is 13.2. The fourth-order valence-electron chi connectivity index (χ4n) is 1.88. The van der Waals surface area contributed by atoms with E-state index in [1.165, 1.54) is 11.6 Å². The van der Waals surface area contributed by atoms with E-state index in [9.17, 15) is 4.39 Å². The van der Waals surface area contributed by atoms with Gasteiger partial charge in [0.2, 0.25) is 0 Å². The lowest BCUT2D eigenvalue weighted by molar-refractivity contribution is 0.625. The second-order valence-electron chi connectivity index (χ2n) is 4.53. The molecule has 4 heteroatoms. The molecule has 0 fully saturated rings. The molecule has 2 aromatic carbocycles. The SMILES string of the molecule is Cc1cc(Br)c(NCc2cc(F)ccc2C)c(Br)c1. The van der Waals surface area contributed by atoms with Crippen molar-refractivity contribution in [1.82, 2.24) is 0 Å². The van der Waals surface area contributed by atoms with Crippen LogP contribution in [0.4, 0.5) is 10.1 Å². The molecule has 0 unspecified atom stereocenters. The third kappa shape index (κ3) is 3.57. The quantitative estimate of drug-likeness (QED) is 0.725. The van der Waals surface area contributed by atoms with Gasteiger partial charge in [-0.2, -0.15) is 0 Å². The Labute approximate surface area is 129 Å². The standard InChI is InChI=1S/C15H14Br2FN/c1-9-5-13(16)15(14(17)6-9)19-8-11-7-12(18)4-3-10(11)2/h3-7,19H,8H2,1-2H3. The molecule has 0 saturated carbocycles. The summed E-state index contributed by atoms with van der Waals surface area (Å²) in [4.78, 5) is 0. The van der Waals surface area contributed by atoms with Crippen molar-refractivity contribution >= 4 is 37.5 Å². The summed E-state index contributed by atoms with van der Waals surface area (Å²) >= 11 is 7.08. The van der Waals surface area contributed by atoms with Crippen LogP contribution in [-0.4, -0.2) is 0 Å². The Hall–Kier alpha value is -0.870. The number of aryl methyl sites for hydroxylation is 2. The van der Waals surface area contributed by atoms with Crippen LogP contribution in [0.25, 0.3) is 0 Å². The van der Waals surface area contributed by atoms with Gasteiger partial charge in [0.25, 0.3) is 0 Å². The zero-order chi connectivity index (χ0) is 14.0. The molecule has 0 saturated heterocycles. The van der Waals surface area contributed by atoms with Gasteiger partial charge >= 0.3 is 0 Å². The molecule has 0 aromatic heterocycles. The van der Waals surface area contributed by atoms with Crippen molar-refractivity contribution in [2.75, 3.05) is 5.32 Å². The molecular formula is C15H14Br2FN. The highest BCUT2D eigenvalue weighted by Gasteiger charge is 2.07. The zero-order valence-electron chi connectivity index (χ0n) is 10.7. The van der Waals surface area contributed by atoms with E-state index in [1.807, 2.05) is 26.0 Å². The summed E-state index contributed by atoms with van der Waals surface area (Å²) in [7, 11) is 0. The third-order valence-electron chi connectivity index (χ3n) is 2.95. The van der Waals surface area contributed by atoms with Crippen LogP contribution in [0.5, 0.6) is 0 Å². The molecule has 19 heavy (non-hydrogen) atoms. The number of rotatable bonds is 3. The fourth-order valence-corrected chi connectivity index (χ4v) is 3.58. The fraction of sp³-hybridized carbons (Fsp3) is 0.200. The lowest BCUT2D eigenvalue weighted by Gasteiger charge is -2.13. The molecule has 0 atom stereocenters.